The molecule has 0 amide bonds. The van der Waals surface area contributed by atoms with Crippen molar-refractivity contribution in [2.45, 2.75) is 0 Å². The molecule has 0 saturated carbocycles. The van der Waals surface area contributed by atoms with E-state index in [9.17, 15) is 5.26 Å². The summed E-state index contributed by atoms with van der Waals surface area (Å²) in [5.41, 5.74) is 3.27. The summed E-state index contributed by atoms with van der Waals surface area (Å²) in [6, 6.07) is 29.0. The summed E-state index contributed by atoms with van der Waals surface area (Å²) in [5, 5.41) is 12.2. The number of rotatable bonds is 8. The lowest BCUT2D eigenvalue weighted by Gasteiger charge is -2.09. The molecule has 1 heterocycles. The largest absolute Gasteiger partial charge is 0.497 e. The van der Waals surface area contributed by atoms with Gasteiger partial charge in [-0.3, -0.25) is 0 Å². The molecule has 6 nitrogen and oxygen atoms in total. The molecule has 6 heteroatoms. The first kappa shape index (κ1) is 25.2. The summed E-state index contributed by atoms with van der Waals surface area (Å²) in [6.45, 7) is 0.118. The Morgan fingerprint density at radius 2 is 1.54 bits per heavy atom. The van der Waals surface area contributed by atoms with Gasteiger partial charge in [-0.05, 0) is 58.8 Å². The first-order valence-corrected chi connectivity index (χ1v) is 12.1. The van der Waals surface area contributed by atoms with Crippen molar-refractivity contribution in [3.05, 3.63) is 96.1 Å². The smallest absolute Gasteiger partial charge is 0.238 e. The molecule has 1 aromatic heterocycles. The fraction of sp³-hybridized carbons (Fsp3) is 0.0909. The molecule has 5 rings (SSSR count). The maximum Gasteiger partial charge on any atom is 0.238 e. The normalized spacial score (nSPS) is 10.8. The van der Waals surface area contributed by atoms with E-state index in [4.69, 9.17) is 25.1 Å². The van der Waals surface area contributed by atoms with Crippen molar-refractivity contribution in [2.75, 3.05) is 20.8 Å². The molecule has 39 heavy (non-hydrogen) atoms. The highest BCUT2D eigenvalue weighted by molar-refractivity contribution is 6.03. The van der Waals surface area contributed by atoms with Crippen molar-refractivity contribution in [1.82, 2.24) is 0 Å². The summed E-state index contributed by atoms with van der Waals surface area (Å²) >= 11 is 0. The summed E-state index contributed by atoms with van der Waals surface area (Å²) in [4.78, 5) is 4.67. The average Bonchev–Trinajstić information content (AvgIpc) is 3.37. The number of hydrogen-bond donors (Lipinski definition) is 0. The number of nitrogens with zero attached hydrogens (tertiary/aromatic N) is 2. The van der Waals surface area contributed by atoms with Crippen molar-refractivity contribution >= 4 is 22.9 Å². The number of terminal acetylenes is 1. The van der Waals surface area contributed by atoms with Gasteiger partial charge in [0.2, 0.25) is 5.88 Å². The second-order valence-corrected chi connectivity index (χ2v) is 8.50. The molecular formula is C33H24N2O4. The van der Waals surface area contributed by atoms with Gasteiger partial charge in [0, 0.05) is 22.9 Å². The molecule has 0 aliphatic rings. The van der Waals surface area contributed by atoms with E-state index in [-0.39, 0.29) is 12.5 Å². The highest BCUT2D eigenvalue weighted by Gasteiger charge is 2.23. The number of hydrogen-bond acceptors (Lipinski definition) is 6. The molecule has 0 bridgehead atoms. The Balaban J connectivity index is 1.68. The van der Waals surface area contributed by atoms with Gasteiger partial charge in [-0.2, -0.15) is 5.26 Å². The molecule has 0 aliphatic carbocycles. The van der Waals surface area contributed by atoms with Crippen molar-refractivity contribution in [3.8, 4) is 58.1 Å². The predicted molar refractivity (Wildman–Crippen MR) is 153 cm³/mol. The predicted octanol–water partition coefficient (Wildman–Crippen LogP) is 7.42. The van der Waals surface area contributed by atoms with E-state index in [1.807, 2.05) is 84.9 Å². The SMILES string of the molecule is C#CCOc1ccc2ccccc2c1C=Nc1oc(-c2ccc(OC)cc2)c(-c2ccc(OC)cc2)c1C#N. The van der Waals surface area contributed by atoms with Gasteiger partial charge in [0.25, 0.3) is 0 Å². The second-order valence-electron chi connectivity index (χ2n) is 8.50. The van der Waals surface area contributed by atoms with E-state index in [1.165, 1.54) is 0 Å². The molecular weight excluding hydrogens is 488 g/mol. The molecule has 5 aromatic rings. The number of methoxy groups -OCH3 is 2. The van der Waals surface area contributed by atoms with Crippen LogP contribution in [0.15, 0.2) is 94.3 Å². The first-order valence-electron chi connectivity index (χ1n) is 12.1. The van der Waals surface area contributed by atoms with Crippen LogP contribution in [0.5, 0.6) is 17.2 Å². The standard InChI is InChI=1S/C33H24N2O4/c1-4-19-38-30-18-13-22-7-5-6-8-27(22)29(30)21-35-33-28(20-34)31(23-9-14-25(36-2)15-10-23)32(39-33)24-11-16-26(37-3)17-12-24/h1,5-18,21H,19H2,2-3H3. The van der Waals surface area contributed by atoms with E-state index in [0.29, 0.717) is 34.1 Å². The lowest BCUT2D eigenvalue weighted by atomic mass is 9.98. The number of benzene rings is 4. The van der Waals surface area contributed by atoms with Gasteiger partial charge in [0.15, 0.2) is 0 Å². The molecule has 0 N–H and O–H groups in total. The Morgan fingerprint density at radius 3 is 2.18 bits per heavy atom. The van der Waals surface area contributed by atoms with Crippen molar-refractivity contribution in [1.29, 1.82) is 5.26 Å². The number of fused-ring (bicyclic) bond motifs is 1. The monoisotopic (exact) mass is 512 g/mol. The van der Waals surface area contributed by atoms with E-state index in [0.717, 1.165) is 27.5 Å². The fourth-order valence-electron chi connectivity index (χ4n) is 4.37. The third-order valence-electron chi connectivity index (χ3n) is 6.28. The maximum atomic E-state index is 10.3. The molecule has 0 saturated heterocycles. The van der Waals surface area contributed by atoms with Crippen molar-refractivity contribution < 1.29 is 18.6 Å². The van der Waals surface area contributed by atoms with Gasteiger partial charge in [0.05, 0.1) is 14.2 Å². The number of nitriles is 1. The highest BCUT2D eigenvalue weighted by Crippen LogP contribution is 2.43. The zero-order valence-electron chi connectivity index (χ0n) is 21.5. The van der Waals surface area contributed by atoms with Crippen LogP contribution in [0.25, 0.3) is 33.2 Å². The van der Waals surface area contributed by atoms with E-state index in [2.05, 4.69) is 17.0 Å². The van der Waals surface area contributed by atoms with Gasteiger partial charge < -0.3 is 18.6 Å². The summed E-state index contributed by atoms with van der Waals surface area (Å²) in [7, 11) is 3.22. The fourth-order valence-corrected chi connectivity index (χ4v) is 4.37. The van der Waals surface area contributed by atoms with Gasteiger partial charge in [0.1, 0.15) is 41.2 Å². The Kier molecular flexibility index (Phi) is 7.30. The molecule has 0 fully saturated rings. The van der Waals surface area contributed by atoms with Crippen LogP contribution in [0.4, 0.5) is 5.88 Å². The average molecular weight is 513 g/mol. The van der Waals surface area contributed by atoms with Gasteiger partial charge in [-0.15, -0.1) is 6.42 Å². The quantitative estimate of drug-likeness (QED) is 0.160. The number of aliphatic imine (C=N–C) groups is 1. The Morgan fingerprint density at radius 1 is 0.872 bits per heavy atom. The minimum absolute atomic E-state index is 0.118. The maximum absolute atomic E-state index is 10.3. The van der Waals surface area contributed by atoms with Crippen LogP contribution >= 0.6 is 0 Å². The Bertz CT molecular complexity index is 1730. The molecule has 0 spiro atoms. The molecule has 0 atom stereocenters. The third-order valence-corrected chi connectivity index (χ3v) is 6.28. The molecule has 190 valence electrons. The summed E-state index contributed by atoms with van der Waals surface area (Å²) in [6.07, 6.45) is 7.09. The lowest BCUT2D eigenvalue weighted by molar-refractivity contribution is 0.370. The molecule has 0 aliphatic heterocycles. The van der Waals surface area contributed by atoms with Crippen LogP contribution in [0.3, 0.4) is 0 Å². The van der Waals surface area contributed by atoms with E-state index < -0.39 is 0 Å². The van der Waals surface area contributed by atoms with Crippen LogP contribution in [0.1, 0.15) is 11.1 Å². The van der Waals surface area contributed by atoms with E-state index >= 15 is 0 Å². The van der Waals surface area contributed by atoms with Crippen LogP contribution < -0.4 is 14.2 Å². The molecule has 0 unspecified atom stereocenters. The van der Waals surface area contributed by atoms with Gasteiger partial charge >= 0.3 is 0 Å². The number of furan rings is 1. The highest BCUT2D eigenvalue weighted by atomic mass is 16.5. The van der Waals surface area contributed by atoms with Crippen LogP contribution in [0.2, 0.25) is 0 Å². The van der Waals surface area contributed by atoms with Gasteiger partial charge in [-0.1, -0.05) is 48.4 Å². The minimum Gasteiger partial charge on any atom is -0.497 e. The van der Waals surface area contributed by atoms with Crippen LogP contribution in [-0.4, -0.2) is 27.0 Å². The van der Waals surface area contributed by atoms with Crippen LogP contribution in [-0.2, 0) is 0 Å². The second kappa shape index (κ2) is 11.3. The number of ether oxygens (including phenoxy) is 3. The summed E-state index contributed by atoms with van der Waals surface area (Å²) in [5.74, 6) is 5.22. The first-order chi connectivity index (χ1) is 19.2. The van der Waals surface area contributed by atoms with Crippen molar-refractivity contribution in [2.24, 2.45) is 4.99 Å². The zero-order chi connectivity index (χ0) is 27.2. The Labute approximate surface area is 226 Å². The topological polar surface area (TPSA) is 77.0 Å². The zero-order valence-corrected chi connectivity index (χ0v) is 21.5. The molecule has 4 aromatic carbocycles. The summed E-state index contributed by atoms with van der Waals surface area (Å²) < 4.78 is 22.7. The van der Waals surface area contributed by atoms with Gasteiger partial charge in [-0.25, -0.2) is 4.99 Å². The van der Waals surface area contributed by atoms with Crippen LogP contribution in [0, 0.1) is 23.7 Å². The lowest BCUT2D eigenvalue weighted by Crippen LogP contribution is -1.98. The minimum atomic E-state index is 0.118. The Hall–Kier alpha value is -5.46. The van der Waals surface area contributed by atoms with E-state index in [1.54, 1.807) is 20.4 Å². The van der Waals surface area contributed by atoms with Crippen molar-refractivity contribution in [3.63, 3.8) is 0 Å². The third kappa shape index (κ3) is 5.05. The molecule has 0 radical (unpaired) electrons.